The molecule has 31 heavy (non-hydrogen) atoms. The Hall–Kier alpha value is -2.98. The number of anilines is 1. The molecule has 0 saturated carbocycles. The number of rotatable bonds is 6. The van der Waals surface area contributed by atoms with Crippen molar-refractivity contribution in [1.82, 2.24) is 23.6 Å². The van der Waals surface area contributed by atoms with Crippen LogP contribution in [0.4, 0.5) is 10.1 Å². The molecule has 0 unspecified atom stereocenters. The molecule has 4 rings (SSSR count). The average Bonchev–Trinajstić information content (AvgIpc) is 3.14. The zero-order valence-electron chi connectivity index (χ0n) is 17.8. The zero-order valence-corrected chi connectivity index (χ0v) is 17.8. The summed E-state index contributed by atoms with van der Waals surface area (Å²) in [7, 11) is 3.06. The number of benzene rings is 1. The number of imidazole rings is 1. The van der Waals surface area contributed by atoms with Crippen LogP contribution < -0.4 is 16.1 Å². The minimum atomic E-state index is -0.422. The summed E-state index contributed by atoms with van der Waals surface area (Å²) in [4.78, 5) is 34.0. The van der Waals surface area contributed by atoms with Crippen LogP contribution >= 0.6 is 0 Å². The van der Waals surface area contributed by atoms with Crippen LogP contribution in [0.25, 0.3) is 11.2 Å². The lowest BCUT2D eigenvalue weighted by Gasteiger charge is -2.36. The van der Waals surface area contributed by atoms with Crippen LogP contribution in [0, 0.1) is 5.82 Å². The van der Waals surface area contributed by atoms with Crippen molar-refractivity contribution in [3.8, 4) is 0 Å². The second kappa shape index (κ2) is 8.64. The minimum Gasteiger partial charge on any atom is -0.396 e. The van der Waals surface area contributed by atoms with Gasteiger partial charge in [0.1, 0.15) is 11.6 Å². The summed E-state index contributed by atoms with van der Waals surface area (Å²) >= 11 is 0. The van der Waals surface area contributed by atoms with E-state index >= 15 is 0 Å². The summed E-state index contributed by atoms with van der Waals surface area (Å²) in [5, 5.41) is 9.31. The molecule has 166 valence electrons. The van der Waals surface area contributed by atoms with E-state index in [0.717, 1.165) is 4.57 Å². The molecule has 0 atom stereocenters. The van der Waals surface area contributed by atoms with Crippen molar-refractivity contribution in [2.75, 3.05) is 37.7 Å². The zero-order chi connectivity index (χ0) is 22.1. The number of aliphatic hydroxyl groups excluding tert-OH is 1. The fourth-order valence-electron chi connectivity index (χ4n) is 4.14. The monoisotopic (exact) mass is 430 g/mol. The van der Waals surface area contributed by atoms with E-state index in [2.05, 4.69) is 9.88 Å². The van der Waals surface area contributed by atoms with Crippen molar-refractivity contribution in [2.45, 2.75) is 19.5 Å². The molecule has 1 fully saturated rings. The minimum absolute atomic E-state index is 0.00743. The number of hydrogen-bond acceptors (Lipinski definition) is 6. The molecule has 1 aliphatic rings. The second-order valence-electron chi connectivity index (χ2n) is 7.85. The van der Waals surface area contributed by atoms with Crippen molar-refractivity contribution < 1.29 is 9.50 Å². The Morgan fingerprint density at radius 3 is 2.45 bits per heavy atom. The number of aromatic nitrogens is 4. The normalized spacial score (nSPS) is 15.2. The number of hydrogen-bond donors (Lipinski definition) is 1. The van der Waals surface area contributed by atoms with Crippen LogP contribution in [-0.4, -0.2) is 61.5 Å². The number of para-hydroxylation sites is 1. The fourth-order valence-corrected chi connectivity index (χ4v) is 4.14. The van der Waals surface area contributed by atoms with Crippen LogP contribution in [0.1, 0.15) is 12.2 Å². The first-order valence-corrected chi connectivity index (χ1v) is 10.4. The molecule has 0 spiro atoms. The molecule has 1 saturated heterocycles. The van der Waals surface area contributed by atoms with E-state index in [0.29, 0.717) is 68.4 Å². The highest BCUT2D eigenvalue weighted by Gasteiger charge is 2.23. The van der Waals surface area contributed by atoms with Crippen LogP contribution in [0.15, 0.2) is 33.9 Å². The molecule has 3 heterocycles. The van der Waals surface area contributed by atoms with Crippen molar-refractivity contribution in [3.05, 3.63) is 56.7 Å². The second-order valence-corrected chi connectivity index (χ2v) is 7.85. The van der Waals surface area contributed by atoms with Gasteiger partial charge in [-0.25, -0.2) is 14.2 Å². The first kappa shape index (κ1) is 21.3. The van der Waals surface area contributed by atoms with E-state index in [1.165, 1.54) is 17.7 Å². The number of aryl methyl sites for hydroxylation is 2. The van der Waals surface area contributed by atoms with Gasteiger partial charge in [-0.1, -0.05) is 12.1 Å². The Kier molecular flexibility index (Phi) is 5.92. The molecule has 2 aromatic heterocycles. The highest BCUT2D eigenvalue weighted by atomic mass is 19.1. The molecule has 0 bridgehead atoms. The molecule has 3 aromatic rings. The van der Waals surface area contributed by atoms with Gasteiger partial charge in [0, 0.05) is 53.4 Å². The van der Waals surface area contributed by atoms with Crippen LogP contribution in [0.3, 0.4) is 0 Å². The maximum Gasteiger partial charge on any atom is 0.332 e. The highest BCUT2D eigenvalue weighted by Crippen LogP contribution is 2.21. The lowest BCUT2D eigenvalue weighted by molar-refractivity contribution is 0.238. The van der Waals surface area contributed by atoms with Gasteiger partial charge >= 0.3 is 5.69 Å². The van der Waals surface area contributed by atoms with Gasteiger partial charge in [-0.2, -0.15) is 0 Å². The molecule has 0 radical (unpaired) electrons. The van der Waals surface area contributed by atoms with Gasteiger partial charge in [-0.05, 0) is 18.6 Å². The summed E-state index contributed by atoms with van der Waals surface area (Å²) in [6.45, 7) is 3.72. The number of aliphatic hydroxyl groups is 1. The molecule has 9 nitrogen and oxygen atoms in total. The summed E-state index contributed by atoms with van der Waals surface area (Å²) in [5.41, 5.74) is 0.522. The molecular formula is C21H27FN6O3. The lowest BCUT2D eigenvalue weighted by atomic mass is 10.2. The maximum absolute atomic E-state index is 14.1. The average molecular weight is 430 g/mol. The lowest BCUT2D eigenvalue weighted by Crippen LogP contribution is -2.46. The topological polar surface area (TPSA) is 88.5 Å². The smallest absolute Gasteiger partial charge is 0.332 e. The van der Waals surface area contributed by atoms with Crippen molar-refractivity contribution >= 4 is 16.9 Å². The van der Waals surface area contributed by atoms with Gasteiger partial charge in [0.15, 0.2) is 11.2 Å². The third-order valence-electron chi connectivity index (χ3n) is 5.90. The Morgan fingerprint density at radius 1 is 1.06 bits per heavy atom. The Balaban J connectivity index is 1.61. The Morgan fingerprint density at radius 2 is 1.77 bits per heavy atom. The van der Waals surface area contributed by atoms with E-state index in [1.54, 1.807) is 19.2 Å². The number of fused-ring (bicyclic) bond motifs is 1. The van der Waals surface area contributed by atoms with Gasteiger partial charge in [0.05, 0.1) is 12.2 Å². The molecule has 1 aromatic carbocycles. The highest BCUT2D eigenvalue weighted by molar-refractivity contribution is 5.71. The largest absolute Gasteiger partial charge is 0.396 e. The standard InChI is InChI=1S/C21H27FN6O3/c1-24-19-18(20(30)25(2)21(24)31)28(8-5-13-29)17(23-19)14-26-9-11-27(12-10-26)16-7-4-3-6-15(16)22/h3-4,6-7,29H,5,8-14H2,1-2H3. The quantitative estimate of drug-likeness (QED) is 0.604. The first-order chi connectivity index (χ1) is 14.9. The molecule has 1 N–H and O–H groups in total. The SMILES string of the molecule is Cn1c(=O)c2c(nc(CN3CCN(c4ccccc4F)CC3)n2CCCO)n(C)c1=O. The van der Waals surface area contributed by atoms with E-state index < -0.39 is 5.69 Å². The van der Waals surface area contributed by atoms with Crippen molar-refractivity contribution in [2.24, 2.45) is 14.1 Å². The Bertz CT molecular complexity index is 1210. The maximum atomic E-state index is 14.1. The van der Waals surface area contributed by atoms with Gasteiger partial charge < -0.3 is 14.6 Å². The number of halogens is 1. The number of nitrogens with zero attached hydrogens (tertiary/aromatic N) is 6. The molecule has 0 amide bonds. The fraction of sp³-hybridized carbons (Fsp3) is 0.476. The first-order valence-electron chi connectivity index (χ1n) is 10.4. The predicted octanol–water partition coefficient (Wildman–Crippen LogP) is 0.277. The number of piperazine rings is 1. The molecule has 1 aliphatic heterocycles. The van der Waals surface area contributed by atoms with E-state index in [1.807, 2.05) is 15.5 Å². The molecule has 0 aliphatic carbocycles. The van der Waals surface area contributed by atoms with Gasteiger partial charge in [-0.15, -0.1) is 0 Å². The van der Waals surface area contributed by atoms with E-state index in [9.17, 15) is 19.1 Å². The van der Waals surface area contributed by atoms with Gasteiger partial charge in [0.25, 0.3) is 5.56 Å². The third kappa shape index (κ3) is 3.88. The van der Waals surface area contributed by atoms with E-state index in [4.69, 9.17) is 0 Å². The van der Waals surface area contributed by atoms with Gasteiger partial charge in [-0.3, -0.25) is 18.8 Å². The van der Waals surface area contributed by atoms with Crippen LogP contribution in [0.2, 0.25) is 0 Å². The summed E-state index contributed by atoms with van der Waals surface area (Å²) < 4.78 is 18.4. The summed E-state index contributed by atoms with van der Waals surface area (Å²) in [5.74, 6) is 0.458. The van der Waals surface area contributed by atoms with Crippen molar-refractivity contribution in [3.63, 3.8) is 0 Å². The van der Waals surface area contributed by atoms with Crippen LogP contribution in [0.5, 0.6) is 0 Å². The van der Waals surface area contributed by atoms with Crippen LogP contribution in [-0.2, 0) is 27.2 Å². The van der Waals surface area contributed by atoms with Crippen molar-refractivity contribution in [1.29, 1.82) is 0 Å². The molecule has 10 heteroatoms. The summed E-state index contributed by atoms with van der Waals surface area (Å²) in [6, 6.07) is 6.77. The predicted molar refractivity (Wildman–Crippen MR) is 116 cm³/mol. The molecular weight excluding hydrogens is 403 g/mol. The third-order valence-corrected chi connectivity index (χ3v) is 5.90. The Labute approximate surface area is 178 Å². The van der Waals surface area contributed by atoms with E-state index in [-0.39, 0.29) is 18.0 Å². The van der Waals surface area contributed by atoms with Gasteiger partial charge in [0.2, 0.25) is 0 Å². The summed E-state index contributed by atoms with van der Waals surface area (Å²) in [6.07, 6.45) is 0.478.